The molecule has 0 spiro atoms. The largest absolute Gasteiger partial charge is 0.462 e. The molecule has 2 heterocycles. The molecule has 9 nitrogen and oxygen atoms in total. The molecule has 34 heavy (non-hydrogen) atoms. The van der Waals surface area contributed by atoms with E-state index in [-0.39, 0.29) is 12.7 Å². The minimum atomic E-state index is -0.846. The molecule has 0 saturated carbocycles. The first-order chi connectivity index (χ1) is 16.2. The molecule has 2 aromatic heterocycles. The van der Waals surface area contributed by atoms with Crippen molar-refractivity contribution in [2.75, 3.05) is 11.9 Å². The summed E-state index contributed by atoms with van der Waals surface area (Å²) in [6.45, 7) is 8.90. The highest BCUT2D eigenvalue weighted by Crippen LogP contribution is 2.28. The van der Waals surface area contributed by atoms with Crippen LogP contribution in [0.4, 0.5) is 5.69 Å². The van der Waals surface area contributed by atoms with E-state index >= 15 is 0 Å². The van der Waals surface area contributed by atoms with Crippen LogP contribution in [-0.2, 0) is 14.3 Å². The van der Waals surface area contributed by atoms with Gasteiger partial charge in [-0.3, -0.25) is 14.2 Å². The first-order valence-electron chi connectivity index (χ1n) is 11.0. The second-order valence-electron chi connectivity index (χ2n) is 7.86. The molecule has 10 heteroatoms. The fourth-order valence-electron chi connectivity index (χ4n) is 3.49. The number of amides is 1. The average Bonchev–Trinajstić information content (AvgIpc) is 3.13. The third-order valence-corrected chi connectivity index (χ3v) is 6.25. The molecule has 3 rings (SSSR count). The van der Waals surface area contributed by atoms with Crippen molar-refractivity contribution in [1.82, 2.24) is 9.55 Å². The molecule has 1 N–H and O–H groups in total. The molecule has 3 aromatic rings. The fourth-order valence-corrected chi connectivity index (χ4v) is 4.52. The van der Waals surface area contributed by atoms with Crippen LogP contribution in [0.1, 0.15) is 65.8 Å². The van der Waals surface area contributed by atoms with Gasteiger partial charge in [0, 0.05) is 5.69 Å². The van der Waals surface area contributed by atoms with Crippen LogP contribution in [0.25, 0.3) is 10.2 Å². The Kier molecular flexibility index (Phi) is 7.83. The van der Waals surface area contributed by atoms with Gasteiger partial charge >= 0.3 is 11.9 Å². The van der Waals surface area contributed by atoms with Crippen LogP contribution >= 0.6 is 11.3 Å². The van der Waals surface area contributed by atoms with E-state index in [0.29, 0.717) is 38.3 Å². The van der Waals surface area contributed by atoms with E-state index in [1.54, 1.807) is 52.8 Å². The van der Waals surface area contributed by atoms with Crippen molar-refractivity contribution in [3.8, 4) is 0 Å². The highest BCUT2D eigenvalue weighted by molar-refractivity contribution is 7.20. The van der Waals surface area contributed by atoms with Crippen LogP contribution in [0.3, 0.4) is 0 Å². The lowest BCUT2D eigenvalue weighted by atomic mass is 10.1. The lowest BCUT2D eigenvalue weighted by Gasteiger charge is -2.18. The molecule has 1 amide bonds. The third kappa shape index (κ3) is 5.17. The summed E-state index contributed by atoms with van der Waals surface area (Å²) in [6.07, 6.45) is 1.35. The summed E-state index contributed by atoms with van der Waals surface area (Å²) in [4.78, 5) is 55.8. The smallest absolute Gasteiger partial charge is 0.348 e. The molecule has 0 aliphatic rings. The van der Waals surface area contributed by atoms with Gasteiger partial charge in [0.2, 0.25) is 5.91 Å². The Morgan fingerprint density at radius 2 is 1.91 bits per heavy atom. The Bertz CT molecular complexity index is 1290. The zero-order valence-corrected chi connectivity index (χ0v) is 20.5. The number of aryl methyl sites for hydroxylation is 1. The van der Waals surface area contributed by atoms with Gasteiger partial charge in [0.1, 0.15) is 15.7 Å². The Morgan fingerprint density at radius 3 is 2.56 bits per heavy atom. The molecule has 0 bridgehead atoms. The van der Waals surface area contributed by atoms with Gasteiger partial charge in [-0.2, -0.15) is 0 Å². The van der Waals surface area contributed by atoms with E-state index in [1.165, 1.54) is 17.0 Å². The molecule has 1 aromatic carbocycles. The van der Waals surface area contributed by atoms with Gasteiger partial charge in [0.15, 0.2) is 0 Å². The molecular formula is C24H27N3O6S. The number of thiophene rings is 1. The minimum Gasteiger partial charge on any atom is -0.462 e. The molecule has 0 radical (unpaired) electrons. The summed E-state index contributed by atoms with van der Waals surface area (Å²) in [6, 6.07) is 5.54. The number of ether oxygens (including phenoxy) is 2. The summed E-state index contributed by atoms with van der Waals surface area (Å²) >= 11 is 1.09. The fraction of sp³-hybridized carbons (Fsp3) is 0.375. The maximum atomic E-state index is 13.3. The van der Waals surface area contributed by atoms with Crippen LogP contribution in [0, 0.1) is 6.92 Å². The molecule has 0 aliphatic carbocycles. The van der Waals surface area contributed by atoms with Crippen LogP contribution in [-0.4, -0.2) is 40.1 Å². The van der Waals surface area contributed by atoms with E-state index in [1.807, 2.05) is 0 Å². The van der Waals surface area contributed by atoms with E-state index in [9.17, 15) is 19.2 Å². The van der Waals surface area contributed by atoms with Gasteiger partial charge in [-0.25, -0.2) is 14.6 Å². The Labute approximate surface area is 200 Å². The van der Waals surface area contributed by atoms with Crippen LogP contribution in [0.15, 0.2) is 35.4 Å². The summed E-state index contributed by atoms with van der Waals surface area (Å²) in [7, 11) is 0. The number of nitrogens with zero attached hydrogens (tertiary/aromatic N) is 2. The molecule has 0 fully saturated rings. The SMILES string of the molecule is CCOC(=O)c1cccc(NC(=O)C(CC)n2cnc3sc(C(=O)OC(C)C)c(C)c3c2=O)c1. The van der Waals surface area contributed by atoms with Crippen molar-refractivity contribution < 1.29 is 23.9 Å². The highest BCUT2D eigenvalue weighted by Gasteiger charge is 2.25. The second kappa shape index (κ2) is 10.6. The lowest BCUT2D eigenvalue weighted by Crippen LogP contribution is -2.33. The van der Waals surface area contributed by atoms with Crippen LogP contribution in [0.2, 0.25) is 0 Å². The van der Waals surface area contributed by atoms with Crippen LogP contribution in [0.5, 0.6) is 0 Å². The maximum absolute atomic E-state index is 13.3. The average molecular weight is 486 g/mol. The molecule has 0 aliphatic heterocycles. The molecule has 0 saturated heterocycles. The molecular weight excluding hydrogens is 458 g/mol. The van der Waals surface area contributed by atoms with Gasteiger partial charge in [-0.05, 0) is 57.9 Å². The summed E-state index contributed by atoms with van der Waals surface area (Å²) < 4.78 is 11.5. The molecule has 180 valence electrons. The first kappa shape index (κ1) is 25.1. The van der Waals surface area contributed by atoms with E-state index in [2.05, 4.69) is 10.3 Å². The zero-order valence-electron chi connectivity index (χ0n) is 19.7. The van der Waals surface area contributed by atoms with E-state index in [4.69, 9.17) is 9.47 Å². The summed E-state index contributed by atoms with van der Waals surface area (Å²) in [5, 5.41) is 3.05. The maximum Gasteiger partial charge on any atom is 0.348 e. The molecule has 1 atom stereocenters. The van der Waals surface area contributed by atoms with Crippen molar-refractivity contribution in [2.45, 2.75) is 53.2 Å². The van der Waals surface area contributed by atoms with Crippen molar-refractivity contribution in [3.63, 3.8) is 0 Å². The predicted octanol–water partition coefficient (Wildman–Crippen LogP) is 4.10. The predicted molar refractivity (Wildman–Crippen MR) is 130 cm³/mol. The zero-order chi connectivity index (χ0) is 25.0. The van der Waals surface area contributed by atoms with Gasteiger partial charge in [0.05, 0.1) is 30.0 Å². The summed E-state index contributed by atoms with van der Waals surface area (Å²) in [5.41, 5.74) is 0.781. The van der Waals surface area contributed by atoms with Crippen molar-refractivity contribution in [3.05, 3.63) is 57.0 Å². The number of esters is 2. The first-order valence-corrected chi connectivity index (χ1v) is 11.8. The van der Waals surface area contributed by atoms with E-state index < -0.39 is 29.4 Å². The number of carbonyl (C=O) groups excluding carboxylic acids is 3. The number of anilines is 1. The number of rotatable bonds is 8. The van der Waals surface area contributed by atoms with E-state index in [0.717, 1.165) is 11.3 Å². The van der Waals surface area contributed by atoms with Crippen molar-refractivity contribution >= 4 is 45.1 Å². The number of benzene rings is 1. The Balaban J connectivity index is 1.92. The summed E-state index contributed by atoms with van der Waals surface area (Å²) in [5.74, 6) is -1.43. The normalized spacial score (nSPS) is 11.9. The number of aromatic nitrogens is 2. The van der Waals surface area contributed by atoms with Crippen LogP contribution < -0.4 is 10.9 Å². The van der Waals surface area contributed by atoms with Crippen molar-refractivity contribution in [1.29, 1.82) is 0 Å². The third-order valence-electron chi connectivity index (χ3n) is 5.07. The van der Waals surface area contributed by atoms with Gasteiger partial charge in [-0.1, -0.05) is 13.0 Å². The standard InChI is InChI=1S/C24H27N3O6S/c1-6-17(20(28)26-16-10-8-9-15(11-16)23(30)32-7-2)27-12-25-21-18(22(27)29)14(5)19(34-21)24(31)33-13(3)4/h8-13,17H,6-7H2,1-5H3,(H,26,28). The topological polar surface area (TPSA) is 117 Å². The van der Waals surface area contributed by atoms with Gasteiger partial charge in [0.25, 0.3) is 5.56 Å². The lowest BCUT2D eigenvalue weighted by molar-refractivity contribution is -0.119. The minimum absolute atomic E-state index is 0.241. The number of hydrogen-bond acceptors (Lipinski definition) is 8. The monoisotopic (exact) mass is 485 g/mol. The number of fused-ring (bicyclic) bond motifs is 1. The Hall–Kier alpha value is -3.53. The quantitative estimate of drug-likeness (QED) is 0.478. The number of carbonyl (C=O) groups is 3. The van der Waals surface area contributed by atoms with Crippen molar-refractivity contribution in [2.24, 2.45) is 0 Å². The second-order valence-corrected chi connectivity index (χ2v) is 8.86. The van der Waals surface area contributed by atoms with Gasteiger partial charge < -0.3 is 14.8 Å². The number of nitrogens with one attached hydrogen (secondary N) is 1. The number of hydrogen-bond donors (Lipinski definition) is 1. The highest BCUT2D eigenvalue weighted by atomic mass is 32.1. The van der Waals surface area contributed by atoms with Gasteiger partial charge in [-0.15, -0.1) is 11.3 Å². The molecule has 1 unspecified atom stereocenters. The Morgan fingerprint density at radius 1 is 1.18 bits per heavy atom.